The van der Waals surface area contributed by atoms with Crippen molar-refractivity contribution < 1.29 is 34.2 Å². The number of rotatable bonds is 4. The van der Waals surface area contributed by atoms with Crippen LogP contribution in [0.25, 0.3) is 0 Å². The molecule has 4 aromatic rings. The molecule has 0 aliphatic carbocycles. The second-order valence-corrected chi connectivity index (χ2v) is 6.28. The molecule has 161 valence electrons. The van der Waals surface area contributed by atoms with Crippen molar-refractivity contribution in [3.8, 4) is 11.5 Å². The normalized spacial score (nSPS) is 10.0. The largest absolute Gasteiger partial charge is 0.872 e. The van der Waals surface area contributed by atoms with E-state index >= 15 is 0 Å². The van der Waals surface area contributed by atoms with Gasteiger partial charge in [-0.1, -0.05) is 72.8 Å². The summed E-state index contributed by atoms with van der Waals surface area (Å²) in [6.07, 6.45) is 3.25. The molecular weight excluding hydrogens is 439 g/mol. The fraction of sp³-hybridized carbons (Fsp3) is 0. The third-order valence-corrected chi connectivity index (χ3v) is 4.07. The Morgan fingerprint density at radius 1 is 0.562 bits per heavy atom. The second-order valence-electron chi connectivity index (χ2n) is 6.28. The number of benzene rings is 4. The monoisotopic (exact) mass is 462 g/mol. The van der Waals surface area contributed by atoms with E-state index in [1.54, 1.807) is 36.7 Å². The van der Waals surface area contributed by atoms with Crippen molar-refractivity contribution in [1.29, 1.82) is 0 Å². The van der Waals surface area contributed by atoms with Crippen molar-refractivity contribution in [2.45, 2.75) is 0 Å². The summed E-state index contributed by atoms with van der Waals surface area (Å²) in [6, 6.07) is 33.1. The van der Waals surface area contributed by atoms with Crippen LogP contribution in [0.15, 0.2) is 119 Å². The first-order chi connectivity index (χ1) is 14.7. The van der Waals surface area contributed by atoms with E-state index in [0.717, 1.165) is 16.9 Å². The van der Waals surface area contributed by atoms with Crippen molar-refractivity contribution in [2.75, 3.05) is 0 Å². The molecule has 0 unspecified atom stereocenters. The second kappa shape index (κ2) is 14.4. The molecule has 4 aromatic carbocycles. The zero-order valence-corrected chi connectivity index (χ0v) is 18.6. The summed E-state index contributed by atoms with van der Waals surface area (Å²) in [4.78, 5) is 8.46. The molecule has 1 radical (unpaired) electrons. The van der Waals surface area contributed by atoms with Gasteiger partial charge in [0, 0.05) is 36.5 Å². The van der Waals surface area contributed by atoms with E-state index in [1.165, 1.54) is 6.07 Å². The summed E-state index contributed by atoms with van der Waals surface area (Å²) in [6.45, 7) is 0. The molecule has 0 bridgehead atoms. The molecule has 0 saturated heterocycles. The van der Waals surface area contributed by atoms with Crippen LogP contribution >= 0.6 is 0 Å². The fourth-order valence-corrected chi connectivity index (χ4v) is 2.50. The fourth-order valence-electron chi connectivity index (χ4n) is 2.50. The Morgan fingerprint density at radius 2 is 0.969 bits per heavy atom. The van der Waals surface area contributed by atoms with E-state index < -0.39 is 0 Å². The number of phenols is 1. The Morgan fingerprint density at radius 3 is 1.47 bits per heavy atom. The molecular formula is C26H23N2O3V-. The van der Waals surface area contributed by atoms with Gasteiger partial charge in [0.15, 0.2) is 0 Å². The van der Waals surface area contributed by atoms with Crippen LogP contribution in [0.3, 0.4) is 0 Å². The number of nitrogens with zero attached hydrogens (tertiary/aromatic N) is 2. The molecule has 0 aromatic heterocycles. The maximum absolute atomic E-state index is 11.3. The van der Waals surface area contributed by atoms with Gasteiger partial charge in [-0.2, -0.15) is 0 Å². The van der Waals surface area contributed by atoms with E-state index in [0.29, 0.717) is 5.56 Å². The van der Waals surface area contributed by atoms with Crippen LogP contribution in [0.5, 0.6) is 11.5 Å². The minimum Gasteiger partial charge on any atom is -0.872 e. The molecule has 4 rings (SSSR count). The van der Waals surface area contributed by atoms with Gasteiger partial charge in [-0.25, -0.2) is 0 Å². The maximum Gasteiger partial charge on any atom is 0.124 e. The number of hydrogen-bond donors (Lipinski definition) is 1. The van der Waals surface area contributed by atoms with Gasteiger partial charge < -0.3 is 15.7 Å². The number of aliphatic imine (C=N–C) groups is 2. The summed E-state index contributed by atoms with van der Waals surface area (Å²) in [7, 11) is 0. The van der Waals surface area contributed by atoms with Gasteiger partial charge in [-0.15, -0.1) is 5.75 Å². The topological polar surface area (TPSA) is 99.5 Å². The third kappa shape index (κ3) is 8.62. The number of para-hydroxylation sites is 4. The number of aromatic hydroxyl groups is 1. The first-order valence-corrected chi connectivity index (χ1v) is 9.44. The summed E-state index contributed by atoms with van der Waals surface area (Å²) < 4.78 is 0. The van der Waals surface area contributed by atoms with Crippen molar-refractivity contribution >= 4 is 23.8 Å². The molecule has 6 heteroatoms. The van der Waals surface area contributed by atoms with Crippen LogP contribution in [-0.4, -0.2) is 23.0 Å². The molecule has 32 heavy (non-hydrogen) atoms. The first-order valence-electron chi connectivity index (χ1n) is 9.44. The minimum atomic E-state index is -0.00261. The maximum atomic E-state index is 11.3. The summed E-state index contributed by atoms with van der Waals surface area (Å²) in [5.41, 5.74) is 3.06. The SMILES string of the molecule is O.Oc1ccccc1C=Nc1ccccc1.[O-]c1ccccc1C=Nc1ccccc1.[V]. The Kier molecular flexibility index (Phi) is 11.9. The Hall–Kier alpha value is -3.64. The predicted octanol–water partition coefficient (Wildman–Crippen LogP) is 4.83. The van der Waals surface area contributed by atoms with Crippen molar-refractivity contribution in [3.05, 3.63) is 120 Å². The molecule has 0 atom stereocenters. The average molecular weight is 462 g/mol. The van der Waals surface area contributed by atoms with Gasteiger partial charge in [-0.05, 0) is 42.0 Å². The van der Waals surface area contributed by atoms with Crippen molar-refractivity contribution in [3.63, 3.8) is 0 Å². The van der Waals surface area contributed by atoms with Gasteiger partial charge in [0.25, 0.3) is 0 Å². The van der Waals surface area contributed by atoms with E-state index in [4.69, 9.17) is 0 Å². The third-order valence-electron chi connectivity index (χ3n) is 4.07. The standard InChI is InChI=1S/2C13H11NO.H2O.V/c2*15-13-9-5-4-6-11(13)10-14-12-7-2-1-3-8-12;;/h2*1-10,15H;1H2;/p-1. The van der Waals surface area contributed by atoms with Gasteiger partial charge in [0.2, 0.25) is 0 Å². The van der Waals surface area contributed by atoms with Gasteiger partial charge in [0.05, 0.1) is 11.4 Å². The smallest absolute Gasteiger partial charge is 0.124 e. The van der Waals surface area contributed by atoms with Crippen LogP contribution in [0, 0.1) is 0 Å². The van der Waals surface area contributed by atoms with Crippen LogP contribution < -0.4 is 5.11 Å². The average Bonchev–Trinajstić information content (AvgIpc) is 2.80. The van der Waals surface area contributed by atoms with Crippen LogP contribution in [0.4, 0.5) is 11.4 Å². The Labute approximate surface area is 199 Å². The zero-order valence-electron chi connectivity index (χ0n) is 17.2. The quantitative estimate of drug-likeness (QED) is 0.440. The first kappa shape index (κ1) is 26.4. The number of hydrogen-bond acceptors (Lipinski definition) is 4. The molecule has 0 saturated carbocycles. The Balaban J connectivity index is 0.000000301. The van der Waals surface area contributed by atoms with Crippen molar-refractivity contribution in [2.24, 2.45) is 9.98 Å². The van der Waals surface area contributed by atoms with E-state index in [9.17, 15) is 10.2 Å². The van der Waals surface area contributed by atoms with Gasteiger partial charge in [0.1, 0.15) is 5.75 Å². The summed E-state index contributed by atoms with van der Waals surface area (Å²) in [5.74, 6) is 0.245. The molecule has 0 aliphatic rings. The molecule has 0 aliphatic heterocycles. The van der Waals surface area contributed by atoms with E-state index in [-0.39, 0.29) is 35.5 Å². The van der Waals surface area contributed by atoms with Gasteiger partial charge in [-0.3, -0.25) is 9.98 Å². The summed E-state index contributed by atoms with van der Waals surface area (Å²) in [5, 5.41) is 20.8. The van der Waals surface area contributed by atoms with E-state index in [1.807, 2.05) is 78.9 Å². The molecule has 3 N–H and O–H groups in total. The zero-order chi connectivity index (χ0) is 21.0. The Bertz CT molecular complexity index is 1030. The molecule has 0 spiro atoms. The molecule has 5 nitrogen and oxygen atoms in total. The molecule has 0 amide bonds. The molecule has 0 heterocycles. The number of phenolic OH excluding ortho intramolecular Hbond substituents is 1. The minimum absolute atomic E-state index is 0. The van der Waals surface area contributed by atoms with E-state index in [2.05, 4.69) is 9.98 Å². The van der Waals surface area contributed by atoms with Crippen LogP contribution in [0.2, 0.25) is 0 Å². The van der Waals surface area contributed by atoms with Crippen molar-refractivity contribution in [1.82, 2.24) is 0 Å². The summed E-state index contributed by atoms with van der Waals surface area (Å²) >= 11 is 0. The molecule has 0 fully saturated rings. The van der Waals surface area contributed by atoms with Crippen LogP contribution in [-0.2, 0) is 18.6 Å². The predicted molar refractivity (Wildman–Crippen MR) is 125 cm³/mol. The van der Waals surface area contributed by atoms with Crippen LogP contribution in [0.1, 0.15) is 11.1 Å². The van der Waals surface area contributed by atoms with Gasteiger partial charge >= 0.3 is 0 Å².